The summed E-state index contributed by atoms with van der Waals surface area (Å²) in [7, 11) is -3.60. The minimum absolute atomic E-state index is 0.115. The molecule has 0 saturated heterocycles. The summed E-state index contributed by atoms with van der Waals surface area (Å²) in [6, 6.07) is 8.43. The Hall–Kier alpha value is -2.39. The number of nitrogens with one attached hydrogen (secondary N) is 1. The summed E-state index contributed by atoms with van der Waals surface area (Å²) in [5.41, 5.74) is 1.76. The molecule has 7 nitrogen and oxygen atoms in total. The van der Waals surface area contributed by atoms with Crippen molar-refractivity contribution < 1.29 is 13.2 Å². The lowest BCUT2D eigenvalue weighted by molar-refractivity contribution is -0.120. The van der Waals surface area contributed by atoms with Crippen LogP contribution in [0.25, 0.3) is 11.0 Å². The largest absolute Gasteiger partial charge is 0.352 e. The molecule has 0 aliphatic carbocycles. The molecule has 0 aliphatic heterocycles. The van der Waals surface area contributed by atoms with Crippen molar-refractivity contribution in [2.75, 3.05) is 5.75 Å². The predicted octanol–water partition coefficient (Wildman–Crippen LogP) is 1.57. The maximum absolute atomic E-state index is 12.5. The van der Waals surface area contributed by atoms with E-state index in [1.54, 1.807) is 30.6 Å². The summed E-state index contributed by atoms with van der Waals surface area (Å²) in [5.74, 6) is -0.603. The average Bonchev–Trinajstić information content (AvgIpc) is 3.07. The molecule has 0 saturated carbocycles. The number of nitrogens with zero attached hydrogens (tertiary/aromatic N) is 3. The molecule has 0 atom stereocenters. The number of carbonyl (C=O) groups excluding carboxylic acids is 1. The number of carbonyl (C=O) groups is 1. The van der Waals surface area contributed by atoms with Crippen molar-refractivity contribution in [2.24, 2.45) is 0 Å². The minimum Gasteiger partial charge on any atom is -0.352 e. The van der Waals surface area contributed by atoms with Crippen LogP contribution >= 0.6 is 11.7 Å². The maximum atomic E-state index is 12.5. The third kappa shape index (κ3) is 3.74. The predicted molar refractivity (Wildman–Crippen MR) is 90.2 cm³/mol. The van der Waals surface area contributed by atoms with E-state index in [4.69, 9.17) is 0 Å². The molecule has 1 N–H and O–H groups in total. The van der Waals surface area contributed by atoms with Gasteiger partial charge in [0.1, 0.15) is 11.0 Å². The number of pyridine rings is 1. The van der Waals surface area contributed by atoms with E-state index in [1.807, 2.05) is 6.07 Å². The molecule has 0 spiro atoms. The lowest BCUT2D eigenvalue weighted by atomic mass is 10.3. The van der Waals surface area contributed by atoms with Crippen molar-refractivity contribution >= 4 is 38.5 Å². The fourth-order valence-electron chi connectivity index (χ4n) is 2.16. The van der Waals surface area contributed by atoms with Gasteiger partial charge in [-0.1, -0.05) is 12.1 Å². The van der Waals surface area contributed by atoms with Crippen LogP contribution in [0.2, 0.25) is 0 Å². The van der Waals surface area contributed by atoms with Gasteiger partial charge in [0.05, 0.1) is 22.4 Å². The number of hydrogen-bond acceptors (Lipinski definition) is 7. The first kappa shape index (κ1) is 16.5. The van der Waals surface area contributed by atoms with Crippen LogP contribution in [0.3, 0.4) is 0 Å². The SMILES string of the molecule is O=C(CCS(=O)(=O)c1cccc2nsnc12)NCc1cccnc1. The Labute approximate surface area is 143 Å². The zero-order valence-electron chi connectivity index (χ0n) is 12.5. The van der Waals surface area contributed by atoms with Crippen molar-refractivity contribution in [1.82, 2.24) is 19.0 Å². The van der Waals surface area contributed by atoms with Gasteiger partial charge in [0, 0.05) is 25.4 Å². The van der Waals surface area contributed by atoms with E-state index in [0.717, 1.165) is 17.3 Å². The number of sulfone groups is 1. The second-order valence-electron chi connectivity index (χ2n) is 5.09. The molecule has 0 fully saturated rings. The zero-order valence-corrected chi connectivity index (χ0v) is 14.2. The number of aromatic nitrogens is 3. The Kier molecular flexibility index (Phi) is 4.81. The highest BCUT2D eigenvalue weighted by Gasteiger charge is 2.20. The van der Waals surface area contributed by atoms with Gasteiger partial charge in [-0.2, -0.15) is 8.75 Å². The molecule has 0 unspecified atom stereocenters. The van der Waals surface area contributed by atoms with Crippen LogP contribution in [0.15, 0.2) is 47.6 Å². The second-order valence-corrected chi connectivity index (χ2v) is 7.70. The van der Waals surface area contributed by atoms with E-state index < -0.39 is 9.84 Å². The van der Waals surface area contributed by atoms with E-state index in [9.17, 15) is 13.2 Å². The fourth-order valence-corrected chi connectivity index (χ4v) is 4.17. The van der Waals surface area contributed by atoms with E-state index in [1.165, 1.54) is 6.07 Å². The van der Waals surface area contributed by atoms with Crippen LogP contribution in [-0.2, 0) is 21.2 Å². The Bertz CT molecular complexity index is 955. The van der Waals surface area contributed by atoms with Gasteiger partial charge in [-0.3, -0.25) is 9.78 Å². The number of amides is 1. The molecule has 9 heteroatoms. The molecule has 3 rings (SSSR count). The number of fused-ring (bicyclic) bond motifs is 1. The van der Waals surface area contributed by atoms with Gasteiger partial charge in [0.25, 0.3) is 0 Å². The minimum atomic E-state index is -3.60. The highest BCUT2D eigenvalue weighted by molar-refractivity contribution is 7.91. The molecule has 1 amide bonds. The smallest absolute Gasteiger partial charge is 0.221 e. The average molecular weight is 362 g/mol. The summed E-state index contributed by atoms with van der Waals surface area (Å²) in [4.78, 5) is 16.0. The van der Waals surface area contributed by atoms with Gasteiger partial charge in [0.2, 0.25) is 5.91 Å². The van der Waals surface area contributed by atoms with Crippen molar-refractivity contribution in [3.8, 4) is 0 Å². The lowest BCUT2D eigenvalue weighted by Gasteiger charge is -2.06. The number of hydrogen-bond donors (Lipinski definition) is 1. The van der Waals surface area contributed by atoms with E-state index in [2.05, 4.69) is 19.0 Å². The van der Waals surface area contributed by atoms with Gasteiger partial charge in [-0.15, -0.1) is 0 Å². The quantitative estimate of drug-likeness (QED) is 0.714. The van der Waals surface area contributed by atoms with Crippen LogP contribution in [0.1, 0.15) is 12.0 Å². The van der Waals surface area contributed by atoms with Crippen molar-refractivity contribution in [2.45, 2.75) is 17.9 Å². The van der Waals surface area contributed by atoms with Crippen LogP contribution in [-0.4, -0.2) is 33.8 Å². The summed E-state index contributed by atoms with van der Waals surface area (Å²) in [5, 5.41) is 2.69. The van der Waals surface area contributed by atoms with Crippen LogP contribution < -0.4 is 5.32 Å². The molecule has 0 aliphatic rings. The van der Waals surface area contributed by atoms with E-state index in [0.29, 0.717) is 17.6 Å². The molecule has 2 heterocycles. The molecule has 24 heavy (non-hydrogen) atoms. The van der Waals surface area contributed by atoms with Crippen LogP contribution in [0.4, 0.5) is 0 Å². The van der Waals surface area contributed by atoms with E-state index >= 15 is 0 Å². The molecule has 1 aromatic carbocycles. The summed E-state index contributed by atoms with van der Waals surface area (Å²) in [6.45, 7) is 0.318. The first-order valence-electron chi connectivity index (χ1n) is 7.16. The molecule has 2 aromatic heterocycles. The van der Waals surface area contributed by atoms with Crippen LogP contribution in [0.5, 0.6) is 0 Å². The summed E-state index contributed by atoms with van der Waals surface area (Å²) >= 11 is 0.964. The molecular formula is C15H14N4O3S2. The van der Waals surface area contributed by atoms with E-state index in [-0.39, 0.29) is 23.0 Å². The molecule has 0 bridgehead atoms. The van der Waals surface area contributed by atoms with Crippen molar-refractivity contribution in [3.05, 3.63) is 48.3 Å². The van der Waals surface area contributed by atoms with Gasteiger partial charge < -0.3 is 5.32 Å². The van der Waals surface area contributed by atoms with Gasteiger partial charge in [0.15, 0.2) is 9.84 Å². The third-order valence-electron chi connectivity index (χ3n) is 3.39. The third-order valence-corrected chi connectivity index (χ3v) is 5.68. The Morgan fingerprint density at radius 2 is 2.04 bits per heavy atom. The normalized spacial score (nSPS) is 11.5. The molecule has 0 radical (unpaired) electrons. The second kappa shape index (κ2) is 7.02. The van der Waals surface area contributed by atoms with Gasteiger partial charge in [-0.25, -0.2) is 8.42 Å². The number of rotatable bonds is 6. The Morgan fingerprint density at radius 1 is 1.17 bits per heavy atom. The fraction of sp³-hybridized carbons (Fsp3) is 0.200. The Morgan fingerprint density at radius 3 is 2.83 bits per heavy atom. The highest BCUT2D eigenvalue weighted by atomic mass is 32.2. The lowest BCUT2D eigenvalue weighted by Crippen LogP contribution is -2.25. The van der Waals surface area contributed by atoms with Crippen molar-refractivity contribution in [1.29, 1.82) is 0 Å². The molecular weight excluding hydrogens is 348 g/mol. The van der Waals surface area contributed by atoms with Gasteiger partial charge in [-0.05, 0) is 23.8 Å². The number of benzene rings is 1. The maximum Gasteiger partial charge on any atom is 0.221 e. The van der Waals surface area contributed by atoms with Gasteiger partial charge >= 0.3 is 0 Å². The topological polar surface area (TPSA) is 102 Å². The summed E-state index contributed by atoms with van der Waals surface area (Å²) in [6.07, 6.45) is 3.18. The molecule has 124 valence electrons. The van der Waals surface area contributed by atoms with Crippen molar-refractivity contribution in [3.63, 3.8) is 0 Å². The first-order valence-corrected chi connectivity index (χ1v) is 9.54. The summed E-state index contributed by atoms with van der Waals surface area (Å²) < 4.78 is 33.0. The Balaban J connectivity index is 1.63. The highest BCUT2D eigenvalue weighted by Crippen LogP contribution is 2.22. The monoisotopic (exact) mass is 362 g/mol. The molecule has 3 aromatic rings. The standard InChI is InChI=1S/C15H14N4O3S2/c20-14(17-10-11-3-2-7-16-9-11)6-8-24(21,22)13-5-1-4-12-15(13)19-23-18-12/h1-5,7,9H,6,8,10H2,(H,17,20). The van der Waals surface area contributed by atoms with Crippen LogP contribution in [0, 0.1) is 0 Å². The zero-order chi connectivity index (χ0) is 17.0. The first-order chi connectivity index (χ1) is 11.6.